The van der Waals surface area contributed by atoms with Crippen LogP contribution in [0.4, 0.5) is 5.69 Å². The lowest BCUT2D eigenvalue weighted by Gasteiger charge is -2.00. The SMILES string of the molecule is O=c1c2cccc([N+](=O)[O-])c2nc2[nH]c3ccccc3n12. The molecule has 21 heavy (non-hydrogen) atoms. The summed E-state index contributed by atoms with van der Waals surface area (Å²) < 4.78 is 1.43. The van der Waals surface area contributed by atoms with Gasteiger partial charge in [0.2, 0.25) is 5.78 Å². The fourth-order valence-electron chi connectivity index (χ4n) is 2.54. The summed E-state index contributed by atoms with van der Waals surface area (Å²) >= 11 is 0. The molecule has 0 saturated heterocycles. The molecule has 0 saturated carbocycles. The molecule has 0 aliphatic carbocycles. The summed E-state index contributed by atoms with van der Waals surface area (Å²) in [5.41, 5.74) is 1.04. The Labute approximate surface area is 116 Å². The van der Waals surface area contributed by atoms with Crippen LogP contribution in [0.2, 0.25) is 0 Å². The molecule has 0 spiro atoms. The second-order valence-corrected chi connectivity index (χ2v) is 4.65. The summed E-state index contributed by atoms with van der Waals surface area (Å²) in [5.74, 6) is 0.294. The molecular weight excluding hydrogens is 272 g/mol. The smallest absolute Gasteiger partial charge is 0.295 e. The van der Waals surface area contributed by atoms with Crippen molar-refractivity contribution >= 4 is 33.4 Å². The van der Waals surface area contributed by atoms with E-state index in [4.69, 9.17) is 0 Å². The van der Waals surface area contributed by atoms with E-state index in [0.717, 1.165) is 5.52 Å². The number of non-ortho nitro benzene ring substituents is 1. The average molecular weight is 280 g/mol. The minimum atomic E-state index is -0.534. The van der Waals surface area contributed by atoms with Gasteiger partial charge >= 0.3 is 0 Å². The zero-order valence-corrected chi connectivity index (χ0v) is 10.6. The Balaban J connectivity index is 2.31. The predicted molar refractivity (Wildman–Crippen MR) is 77.5 cm³/mol. The lowest BCUT2D eigenvalue weighted by Crippen LogP contribution is -2.14. The summed E-state index contributed by atoms with van der Waals surface area (Å²) in [4.78, 5) is 30.4. The molecule has 2 aromatic carbocycles. The van der Waals surface area contributed by atoms with E-state index in [1.54, 1.807) is 12.1 Å². The Morgan fingerprint density at radius 2 is 1.95 bits per heavy atom. The van der Waals surface area contributed by atoms with Crippen LogP contribution in [0.1, 0.15) is 0 Å². The predicted octanol–water partition coefficient (Wildman–Crippen LogP) is 2.24. The lowest BCUT2D eigenvalue weighted by atomic mass is 10.2. The van der Waals surface area contributed by atoms with E-state index in [-0.39, 0.29) is 22.1 Å². The van der Waals surface area contributed by atoms with Crippen molar-refractivity contribution < 1.29 is 4.92 Å². The molecule has 7 nitrogen and oxygen atoms in total. The van der Waals surface area contributed by atoms with Crippen LogP contribution in [0.5, 0.6) is 0 Å². The zero-order valence-electron chi connectivity index (χ0n) is 10.6. The number of hydrogen-bond acceptors (Lipinski definition) is 4. The highest BCUT2D eigenvalue weighted by atomic mass is 16.6. The van der Waals surface area contributed by atoms with Crippen LogP contribution < -0.4 is 5.56 Å². The van der Waals surface area contributed by atoms with Gasteiger partial charge in [-0.3, -0.25) is 14.9 Å². The van der Waals surface area contributed by atoms with Crippen molar-refractivity contribution in [2.24, 2.45) is 0 Å². The van der Waals surface area contributed by atoms with Gasteiger partial charge in [0.05, 0.1) is 21.3 Å². The van der Waals surface area contributed by atoms with Gasteiger partial charge in [-0.05, 0) is 18.2 Å². The number of imidazole rings is 1. The van der Waals surface area contributed by atoms with Crippen LogP contribution in [-0.4, -0.2) is 19.3 Å². The number of rotatable bonds is 1. The Bertz CT molecular complexity index is 1090. The van der Waals surface area contributed by atoms with Crippen molar-refractivity contribution in [3.8, 4) is 0 Å². The molecule has 7 heteroatoms. The Kier molecular flexibility index (Phi) is 2.15. The van der Waals surface area contributed by atoms with Crippen LogP contribution in [0.25, 0.3) is 27.7 Å². The number of nitro groups is 1. The van der Waals surface area contributed by atoms with E-state index in [0.29, 0.717) is 11.3 Å². The number of nitro benzene ring substituents is 1. The summed E-state index contributed by atoms with van der Waals surface area (Å²) in [5, 5.41) is 11.3. The minimum absolute atomic E-state index is 0.0963. The molecular formula is C14H8N4O3. The molecule has 0 bridgehead atoms. The number of benzene rings is 2. The summed E-state index contributed by atoms with van der Waals surface area (Å²) in [6.07, 6.45) is 0. The highest BCUT2D eigenvalue weighted by Crippen LogP contribution is 2.23. The highest BCUT2D eigenvalue weighted by Gasteiger charge is 2.18. The minimum Gasteiger partial charge on any atom is -0.323 e. The maximum absolute atomic E-state index is 12.6. The molecule has 102 valence electrons. The molecule has 1 N–H and O–H groups in total. The third kappa shape index (κ3) is 1.48. The van der Waals surface area contributed by atoms with Gasteiger partial charge in [-0.15, -0.1) is 0 Å². The van der Waals surface area contributed by atoms with E-state index < -0.39 is 4.92 Å². The van der Waals surface area contributed by atoms with Crippen molar-refractivity contribution in [1.29, 1.82) is 0 Å². The number of aromatic nitrogens is 3. The summed E-state index contributed by atoms with van der Waals surface area (Å²) in [6, 6.07) is 11.7. The maximum atomic E-state index is 12.6. The van der Waals surface area contributed by atoms with Crippen molar-refractivity contribution in [1.82, 2.24) is 14.4 Å². The fourth-order valence-corrected chi connectivity index (χ4v) is 2.54. The Morgan fingerprint density at radius 3 is 2.76 bits per heavy atom. The van der Waals surface area contributed by atoms with Crippen LogP contribution in [0.15, 0.2) is 47.3 Å². The highest BCUT2D eigenvalue weighted by molar-refractivity contribution is 5.90. The van der Waals surface area contributed by atoms with E-state index in [1.165, 1.54) is 16.5 Å². The first-order valence-corrected chi connectivity index (χ1v) is 6.23. The van der Waals surface area contributed by atoms with Gasteiger partial charge < -0.3 is 4.98 Å². The number of H-pyrrole nitrogens is 1. The number of aromatic amines is 1. The monoisotopic (exact) mass is 280 g/mol. The molecule has 2 heterocycles. The summed E-state index contributed by atoms with van der Waals surface area (Å²) in [6.45, 7) is 0. The molecule has 0 atom stereocenters. The van der Waals surface area contributed by atoms with Gasteiger partial charge in [0.15, 0.2) is 5.52 Å². The molecule has 2 aromatic heterocycles. The van der Waals surface area contributed by atoms with Gasteiger partial charge in [0, 0.05) is 6.07 Å². The number of fused-ring (bicyclic) bond motifs is 4. The quantitative estimate of drug-likeness (QED) is 0.427. The van der Waals surface area contributed by atoms with Crippen molar-refractivity contribution in [3.63, 3.8) is 0 Å². The van der Waals surface area contributed by atoms with Crippen molar-refractivity contribution in [2.45, 2.75) is 0 Å². The van der Waals surface area contributed by atoms with E-state index >= 15 is 0 Å². The van der Waals surface area contributed by atoms with Gasteiger partial charge in [-0.1, -0.05) is 18.2 Å². The second-order valence-electron chi connectivity index (χ2n) is 4.65. The van der Waals surface area contributed by atoms with Crippen LogP contribution >= 0.6 is 0 Å². The van der Waals surface area contributed by atoms with E-state index in [2.05, 4.69) is 9.97 Å². The van der Waals surface area contributed by atoms with Gasteiger partial charge in [-0.2, -0.15) is 0 Å². The number of nitrogens with one attached hydrogen (secondary N) is 1. The molecule has 0 unspecified atom stereocenters. The van der Waals surface area contributed by atoms with E-state index in [1.807, 2.05) is 18.2 Å². The first-order valence-electron chi connectivity index (χ1n) is 6.23. The van der Waals surface area contributed by atoms with Crippen molar-refractivity contribution in [2.75, 3.05) is 0 Å². The van der Waals surface area contributed by atoms with Crippen LogP contribution in [0.3, 0.4) is 0 Å². The van der Waals surface area contributed by atoms with Gasteiger partial charge in [0.1, 0.15) is 0 Å². The van der Waals surface area contributed by atoms with Gasteiger partial charge in [-0.25, -0.2) is 9.38 Å². The normalized spacial score (nSPS) is 11.4. The fraction of sp³-hybridized carbons (Fsp3) is 0. The first-order chi connectivity index (χ1) is 10.2. The molecule has 0 aliphatic heterocycles. The molecule has 0 fully saturated rings. The number of nitrogens with zero attached hydrogens (tertiary/aromatic N) is 3. The zero-order chi connectivity index (χ0) is 14.6. The Morgan fingerprint density at radius 1 is 1.14 bits per heavy atom. The number of hydrogen-bond donors (Lipinski definition) is 1. The van der Waals surface area contributed by atoms with E-state index in [9.17, 15) is 14.9 Å². The maximum Gasteiger partial charge on any atom is 0.295 e. The number of para-hydroxylation sites is 3. The average Bonchev–Trinajstić information content (AvgIpc) is 2.85. The second kappa shape index (κ2) is 3.89. The largest absolute Gasteiger partial charge is 0.323 e. The molecule has 0 amide bonds. The Hall–Kier alpha value is -3.22. The molecule has 0 aliphatic rings. The topological polar surface area (TPSA) is 93.3 Å². The van der Waals surface area contributed by atoms with Crippen LogP contribution in [-0.2, 0) is 0 Å². The first kappa shape index (κ1) is 11.6. The third-order valence-electron chi connectivity index (χ3n) is 3.47. The third-order valence-corrected chi connectivity index (χ3v) is 3.47. The molecule has 4 rings (SSSR count). The standard InChI is InChI=1S/C14H8N4O3/c19-13-8-4-3-7-11(18(20)21)12(8)16-14-15-9-5-1-2-6-10(9)17(13)14/h1-7H,(H,15,16). The lowest BCUT2D eigenvalue weighted by molar-refractivity contribution is -0.383. The summed E-state index contributed by atoms with van der Waals surface area (Å²) in [7, 11) is 0. The van der Waals surface area contributed by atoms with Crippen LogP contribution in [0, 0.1) is 10.1 Å². The molecule has 0 radical (unpaired) electrons. The molecule has 4 aromatic rings. The van der Waals surface area contributed by atoms with Crippen molar-refractivity contribution in [3.05, 3.63) is 62.9 Å². The van der Waals surface area contributed by atoms with Gasteiger partial charge in [0.25, 0.3) is 11.2 Å².